The fraction of sp³-hybridized carbons (Fsp3) is 0.235. The summed E-state index contributed by atoms with van der Waals surface area (Å²) in [5.41, 5.74) is 2.21. The molecule has 0 bridgehead atoms. The molecule has 0 unspecified atom stereocenters. The molecule has 0 saturated heterocycles. The minimum atomic E-state index is -0.365. The Kier molecular flexibility index (Phi) is 5.83. The maximum absolute atomic E-state index is 11.9. The highest BCUT2D eigenvalue weighted by atomic mass is 79.9. The normalized spacial score (nSPS) is 10.1. The number of carbonyl (C=O) groups excluding carboxylic acids is 1. The third kappa shape index (κ3) is 4.24. The second-order valence-electron chi connectivity index (χ2n) is 4.75. The van der Waals surface area contributed by atoms with E-state index in [4.69, 9.17) is 9.47 Å². The van der Waals surface area contributed by atoms with E-state index in [1.54, 1.807) is 6.07 Å². The van der Waals surface area contributed by atoms with Crippen LogP contribution in [0.2, 0.25) is 0 Å². The number of esters is 1. The van der Waals surface area contributed by atoms with Gasteiger partial charge in [0.1, 0.15) is 12.4 Å². The number of halogens is 1. The van der Waals surface area contributed by atoms with Crippen molar-refractivity contribution in [2.75, 3.05) is 25.6 Å². The molecule has 0 aliphatic heterocycles. The van der Waals surface area contributed by atoms with E-state index in [0.717, 1.165) is 15.8 Å². The Balaban J connectivity index is 2.01. The molecule has 0 aliphatic carbocycles. The monoisotopic (exact) mass is 363 g/mol. The van der Waals surface area contributed by atoms with Crippen LogP contribution in [-0.4, -0.2) is 26.2 Å². The standard InChI is InChI=1S/C17H18BrNO3/c1-12-10-14(17(20)21-2)16(15(18)11-12)19-8-9-22-13-6-4-3-5-7-13/h3-7,10-11,19H,8-9H2,1-2H3. The van der Waals surface area contributed by atoms with Crippen molar-refractivity contribution in [2.24, 2.45) is 0 Å². The van der Waals surface area contributed by atoms with Gasteiger partial charge in [0.05, 0.1) is 18.4 Å². The average molecular weight is 364 g/mol. The fourth-order valence-corrected chi connectivity index (χ4v) is 2.77. The summed E-state index contributed by atoms with van der Waals surface area (Å²) in [6.07, 6.45) is 0. The van der Waals surface area contributed by atoms with Gasteiger partial charge in [-0.1, -0.05) is 18.2 Å². The predicted octanol–water partition coefficient (Wildman–Crippen LogP) is 4.04. The molecule has 22 heavy (non-hydrogen) atoms. The topological polar surface area (TPSA) is 47.6 Å². The Labute approximate surface area is 138 Å². The maximum atomic E-state index is 11.9. The number of rotatable bonds is 6. The quantitative estimate of drug-likeness (QED) is 0.621. The third-order valence-electron chi connectivity index (χ3n) is 3.06. The van der Waals surface area contributed by atoms with Crippen molar-refractivity contribution in [1.29, 1.82) is 0 Å². The molecular formula is C17H18BrNO3. The molecule has 4 nitrogen and oxygen atoms in total. The van der Waals surface area contributed by atoms with E-state index in [9.17, 15) is 4.79 Å². The fourth-order valence-electron chi connectivity index (χ4n) is 2.05. The molecule has 0 saturated carbocycles. The van der Waals surface area contributed by atoms with Crippen molar-refractivity contribution in [3.05, 3.63) is 58.1 Å². The van der Waals surface area contributed by atoms with Gasteiger partial charge in [0, 0.05) is 11.0 Å². The van der Waals surface area contributed by atoms with Gasteiger partial charge in [-0.15, -0.1) is 0 Å². The van der Waals surface area contributed by atoms with Crippen molar-refractivity contribution in [1.82, 2.24) is 0 Å². The summed E-state index contributed by atoms with van der Waals surface area (Å²) in [6.45, 7) is 2.99. The van der Waals surface area contributed by atoms with Gasteiger partial charge in [-0.3, -0.25) is 0 Å². The van der Waals surface area contributed by atoms with Gasteiger partial charge in [0.25, 0.3) is 0 Å². The molecule has 2 aromatic rings. The molecule has 0 spiro atoms. The van der Waals surface area contributed by atoms with E-state index in [0.29, 0.717) is 24.4 Å². The smallest absolute Gasteiger partial charge is 0.340 e. The van der Waals surface area contributed by atoms with Gasteiger partial charge >= 0.3 is 5.97 Å². The van der Waals surface area contributed by atoms with E-state index in [1.165, 1.54) is 7.11 Å². The molecule has 0 heterocycles. The van der Waals surface area contributed by atoms with E-state index in [1.807, 2.05) is 43.3 Å². The first kappa shape index (κ1) is 16.4. The van der Waals surface area contributed by atoms with Crippen molar-refractivity contribution in [3.63, 3.8) is 0 Å². The summed E-state index contributed by atoms with van der Waals surface area (Å²) in [5, 5.41) is 3.22. The van der Waals surface area contributed by atoms with E-state index in [-0.39, 0.29) is 5.97 Å². The Morgan fingerprint density at radius 3 is 2.64 bits per heavy atom. The molecule has 0 fully saturated rings. The lowest BCUT2D eigenvalue weighted by molar-refractivity contribution is 0.0601. The number of ether oxygens (including phenoxy) is 2. The molecule has 0 aromatic heterocycles. The van der Waals surface area contributed by atoms with Crippen LogP contribution in [0.15, 0.2) is 46.9 Å². The number of carbonyl (C=O) groups is 1. The number of benzene rings is 2. The summed E-state index contributed by atoms with van der Waals surface area (Å²) in [7, 11) is 1.38. The Morgan fingerprint density at radius 1 is 1.23 bits per heavy atom. The number of nitrogens with one attached hydrogen (secondary N) is 1. The van der Waals surface area contributed by atoms with Crippen LogP contribution in [0.1, 0.15) is 15.9 Å². The van der Waals surface area contributed by atoms with Crippen molar-refractivity contribution in [2.45, 2.75) is 6.92 Å². The van der Waals surface area contributed by atoms with Gasteiger partial charge in [-0.2, -0.15) is 0 Å². The zero-order valence-electron chi connectivity index (χ0n) is 12.6. The lowest BCUT2D eigenvalue weighted by Crippen LogP contribution is -2.15. The SMILES string of the molecule is COC(=O)c1cc(C)cc(Br)c1NCCOc1ccccc1. The minimum Gasteiger partial charge on any atom is -0.492 e. The van der Waals surface area contributed by atoms with Crippen molar-refractivity contribution >= 4 is 27.6 Å². The lowest BCUT2D eigenvalue weighted by atomic mass is 10.1. The molecule has 116 valence electrons. The molecule has 0 atom stereocenters. The van der Waals surface area contributed by atoms with E-state index in [2.05, 4.69) is 21.2 Å². The number of anilines is 1. The number of hydrogen-bond acceptors (Lipinski definition) is 4. The Bertz CT molecular complexity index is 644. The molecule has 1 N–H and O–H groups in total. The second-order valence-corrected chi connectivity index (χ2v) is 5.60. The predicted molar refractivity (Wildman–Crippen MR) is 90.6 cm³/mol. The van der Waals surface area contributed by atoms with E-state index >= 15 is 0 Å². The summed E-state index contributed by atoms with van der Waals surface area (Å²) in [5.74, 6) is 0.455. The molecule has 0 radical (unpaired) electrons. The van der Waals surface area contributed by atoms with Gasteiger partial charge in [0.2, 0.25) is 0 Å². The zero-order valence-corrected chi connectivity index (χ0v) is 14.1. The van der Waals surface area contributed by atoms with Gasteiger partial charge in [-0.05, 0) is 52.7 Å². The van der Waals surface area contributed by atoms with Gasteiger partial charge in [0.15, 0.2) is 0 Å². The summed E-state index contributed by atoms with van der Waals surface area (Å²) in [4.78, 5) is 11.9. The minimum absolute atomic E-state index is 0.365. The molecular weight excluding hydrogens is 346 g/mol. The van der Waals surface area contributed by atoms with Crippen LogP contribution in [0.3, 0.4) is 0 Å². The summed E-state index contributed by atoms with van der Waals surface area (Å²) >= 11 is 3.48. The number of hydrogen-bond donors (Lipinski definition) is 1. The number of methoxy groups -OCH3 is 1. The van der Waals surface area contributed by atoms with Crippen LogP contribution >= 0.6 is 15.9 Å². The molecule has 0 aliphatic rings. The lowest BCUT2D eigenvalue weighted by Gasteiger charge is -2.14. The molecule has 2 aromatic carbocycles. The number of aryl methyl sites for hydroxylation is 1. The van der Waals surface area contributed by atoms with Crippen LogP contribution in [0.5, 0.6) is 5.75 Å². The maximum Gasteiger partial charge on any atom is 0.340 e. The van der Waals surface area contributed by atoms with Crippen molar-refractivity contribution in [3.8, 4) is 5.75 Å². The summed E-state index contributed by atoms with van der Waals surface area (Å²) in [6, 6.07) is 13.4. The highest BCUT2D eigenvalue weighted by Crippen LogP contribution is 2.28. The largest absolute Gasteiger partial charge is 0.492 e. The first-order valence-corrected chi connectivity index (χ1v) is 7.71. The summed E-state index contributed by atoms with van der Waals surface area (Å²) < 4.78 is 11.3. The number of para-hydroxylation sites is 1. The van der Waals surface area contributed by atoms with Crippen molar-refractivity contribution < 1.29 is 14.3 Å². The van der Waals surface area contributed by atoms with Crippen LogP contribution in [-0.2, 0) is 4.74 Å². The van der Waals surface area contributed by atoms with Gasteiger partial charge < -0.3 is 14.8 Å². The zero-order chi connectivity index (χ0) is 15.9. The highest BCUT2D eigenvalue weighted by molar-refractivity contribution is 9.10. The van der Waals surface area contributed by atoms with Crippen LogP contribution in [0.25, 0.3) is 0 Å². The van der Waals surface area contributed by atoms with E-state index < -0.39 is 0 Å². The Morgan fingerprint density at radius 2 is 1.95 bits per heavy atom. The first-order valence-electron chi connectivity index (χ1n) is 6.92. The molecule has 5 heteroatoms. The molecule has 2 rings (SSSR count). The third-order valence-corrected chi connectivity index (χ3v) is 3.68. The Hall–Kier alpha value is -2.01. The highest BCUT2D eigenvalue weighted by Gasteiger charge is 2.15. The van der Waals surface area contributed by atoms with Gasteiger partial charge in [-0.25, -0.2) is 4.79 Å². The van der Waals surface area contributed by atoms with Crippen LogP contribution in [0, 0.1) is 6.92 Å². The average Bonchev–Trinajstić information content (AvgIpc) is 2.52. The first-order chi connectivity index (χ1) is 10.6. The molecule has 0 amide bonds. The second kappa shape index (κ2) is 7.84. The van der Waals surface area contributed by atoms with Crippen LogP contribution in [0.4, 0.5) is 5.69 Å². The van der Waals surface area contributed by atoms with Crippen LogP contribution < -0.4 is 10.1 Å².